The number of aryl methyl sites for hydroxylation is 1. The van der Waals surface area contributed by atoms with Crippen LogP contribution in [0.15, 0.2) is 18.2 Å². The van der Waals surface area contributed by atoms with Crippen LogP contribution < -0.4 is 4.74 Å². The van der Waals surface area contributed by atoms with Crippen molar-refractivity contribution < 1.29 is 14.6 Å². The van der Waals surface area contributed by atoms with Gasteiger partial charge in [-0.05, 0) is 44.5 Å². The summed E-state index contributed by atoms with van der Waals surface area (Å²) in [6, 6.07) is 5.87. The van der Waals surface area contributed by atoms with Crippen molar-refractivity contribution >= 4 is 0 Å². The minimum absolute atomic E-state index is 0.0997. The minimum atomic E-state index is -0.162. The van der Waals surface area contributed by atoms with Gasteiger partial charge in [-0.3, -0.25) is 0 Å². The number of methoxy groups -OCH3 is 1. The van der Waals surface area contributed by atoms with Crippen molar-refractivity contribution in [3.8, 4) is 17.6 Å². The normalized spacial score (nSPS) is 10.8. The first-order valence-electron chi connectivity index (χ1n) is 6.87. The van der Waals surface area contributed by atoms with Crippen molar-refractivity contribution in [1.82, 2.24) is 0 Å². The molecule has 0 aliphatic carbocycles. The number of hydrogen-bond acceptors (Lipinski definition) is 3. The molecule has 110 valence electrons. The predicted octanol–water partition coefficient (Wildman–Crippen LogP) is 2.92. The molecule has 0 bridgehead atoms. The van der Waals surface area contributed by atoms with Crippen LogP contribution in [0.2, 0.25) is 0 Å². The minimum Gasteiger partial charge on any atom is -0.493 e. The molecule has 3 nitrogen and oxygen atoms in total. The second-order valence-electron chi connectivity index (χ2n) is 5.31. The van der Waals surface area contributed by atoms with Gasteiger partial charge in [0.25, 0.3) is 0 Å². The lowest BCUT2D eigenvalue weighted by molar-refractivity contribution is 0.00545. The number of benzene rings is 1. The molecule has 1 N–H and O–H groups in total. The Hall–Kier alpha value is -1.50. The SMILES string of the molecule is COC(C)(C)CCOc1ccc(C#CCCO)c(C)c1. The summed E-state index contributed by atoms with van der Waals surface area (Å²) in [5.74, 6) is 6.82. The molecule has 0 fully saturated rings. The van der Waals surface area contributed by atoms with Crippen molar-refractivity contribution in [2.45, 2.75) is 39.2 Å². The van der Waals surface area contributed by atoms with E-state index >= 15 is 0 Å². The lowest BCUT2D eigenvalue weighted by atomic mass is 10.1. The van der Waals surface area contributed by atoms with Gasteiger partial charge in [0.1, 0.15) is 5.75 Å². The lowest BCUT2D eigenvalue weighted by Gasteiger charge is -2.22. The van der Waals surface area contributed by atoms with E-state index in [1.54, 1.807) is 7.11 Å². The van der Waals surface area contributed by atoms with Gasteiger partial charge in [0, 0.05) is 25.5 Å². The molecule has 0 atom stereocenters. The van der Waals surface area contributed by atoms with E-state index in [1.165, 1.54) is 0 Å². The molecule has 0 radical (unpaired) electrons. The second-order valence-corrected chi connectivity index (χ2v) is 5.31. The van der Waals surface area contributed by atoms with Gasteiger partial charge >= 0.3 is 0 Å². The first kappa shape index (κ1) is 16.6. The van der Waals surface area contributed by atoms with Gasteiger partial charge in [-0.25, -0.2) is 0 Å². The van der Waals surface area contributed by atoms with Gasteiger partial charge in [0.05, 0.1) is 18.8 Å². The monoisotopic (exact) mass is 276 g/mol. The van der Waals surface area contributed by atoms with Crippen LogP contribution in [0.4, 0.5) is 0 Å². The fraction of sp³-hybridized carbons (Fsp3) is 0.529. The average molecular weight is 276 g/mol. The molecule has 1 rings (SSSR count). The van der Waals surface area contributed by atoms with E-state index in [2.05, 4.69) is 11.8 Å². The largest absolute Gasteiger partial charge is 0.493 e. The number of ether oxygens (including phenoxy) is 2. The smallest absolute Gasteiger partial charge is 0.119 e. The third-order valence-electron chi connectivity index (χ3n) is 3.18. The molecule has 0 unspecified atom stereocenters. The van der Waals surface area contributed by atoms with Gasteiger partial charge in [0.15, 0.2) is 0 Å². The van der Waals surface area contributed by atoms with Gasteiger partial charge in [0.2, 0.25) is 0 Å². The summed E-state index contributed by atoms with van der Waals surface area (Å²) in [5, 5.41) is 8.71. The van der Waals surface area contributed by atoms with Gasteiger partial charge in [-0.15, -0.1) is 0 Å². The number of aliphatic hydroxyl groups excluding tert-OH is 1. The van der Waals surface area contributed by atoms with Crippen LogP contribution in [-0.2, 0) is 4.74 Å². The molecular weight excluding hydrogens is 252 g/mol. The maximum absolute atomic E-state index is 8.71. The van der Waals surface area contributed by atoms with Crippen LogP contribution in [0, 0.1) is 18.8 Å². The predicted molar refractivity (Wildman–Crippen MR) is 81.0 cm³/mol. The van der Waals surface area contributed by atoms with Crippen molar-refractivity contribution in [3.63, 3.8) is 0 Å². The molecule has 0 saturated carbocycles. The standard InChI is InChI=1S/C17H24O3/c1-14-13-16(20-12-10-17(2,3)19-4)9-8-15(14)7-5-6-11-18/h8-9,13,18H,6,10-12H2,1-4H3. The highest BCUT2D eigenvalue weighted by Crippen LogP contribution is 2.19. The molecule has 3 heteroatoms. The molecule has 20 heavy (non-hydrogen) atoms. The van der Waals surface area contributed by atoms with E-state index in [9.17, 15) is 0 Å². The van der Waals surface area contributed by atoms with Gasteiger partial charge in [-0.2, -0.15) is 0 Å². The lowest BCUT2D eigenvalue weighted by Crippen LogP contribution is -2.25. The molecule has 0 aliphatic heterocycles. The van der Waals surface area contributed by atoms with Crippen molar-refractivity contribution in [1.29, 1.82) is 0 Å². The number of hydrogen-bond donors (Lipinski definition) is 1. The van der Waals surface area contributed by atoms with E-state index in [1.807, 2.05) is 39.0 Å². The van der Waals surface area contributed by atoms with Crippen molar-refractivity contribution in [3.05, 3.63) is 29.3 Å². The molecule has 1 aromatic rings. The Morgan fingerprint density at radius 1 is 1.30 bits per heavy atom. The first-order chi connectivity index (χ1) is 9.48. The van der Waals surface area contributed by atoms with E-state index in [0.717, 1.165) is 23.3 Å². The maximum Gasteiger partial charge on any atom is 0.119 e. The van der Waals surface area contributed by atoms with Crippen LogP contribution in [0.3, 0.4) is 0 Å². The van der Waals surface area contributed by atoms with Crippen LogP contribution in [-0.4, -0.2) is 31.0 Å². The Balaban J connectivity index is 2.58. The van der Waals surface area contributed by atoms with Crippen molar-refractivity contribution in [2.75, 3.05) is 20.3 Å². The Labute approximate surface area is 121 Å². The molecule has 0 heterocycles. The highest BCUT2D eigenvalue weighted by molar-refractivity contribution is 5.44. The third-order valence-corrected chi connectivity index (χ3v) is 3.18. The molecule has 0 spiro atoms. The summed E-state index contributed by atoms with van der Waals surface area (Å²) in [5.41, 5.74) is 1.90. The van der Waals surface area contributed by atoms with E-state index in [4.69, 9.17) is 14.6 Å². The zero-order valence-corrected chi connectivity index (χ0v) is 12.8. The van der Waals surface area contributed by atoms with E-state index < -0.39 is 0 Å². The Kier molecular flexibility index (Phi) is 6.57. The van der Waals surface area contributed by atoms with E-state index in [-0.39, 0.29) is 12.2 Å². The Bertz CT molecular complexity index is 481. The molecule has 0 amide bonds. The summed E-state index contributed by atoms with van der Waals surface area (Å²) in [7, 11) is 1.71. The highest BCUT2D eigenvalue weighted by Gasteiger charge is 2.15. The Morgan fingerprint density at radius 2 is 2.05 bits per heavy atom. The topological polar surface area (TPSA) is 38.7 Å². The van der Waals surface area contributed by atoms with Crippen molar-refractivity contribution in [2.24, 2.45) is 0 Å². The quantitative estimate of drug-likeness (QED) is 0.812. The zero-order chi connectivity index (χ0) is 15.0. The molecule has 0 saturated heterocycles. The van der Waals surface area contributed by atoms with Crippen LogP contribution in [0.25, 0.3) is 0 Å². The van der Waals surface area contributed by atoms with Gasteiger partial charge in [-0.1, -0.05) is 11.8 Å². The molecular formula is C17H24O3. The number of aliphatic hydroxyl groups is 1. The van der Waals surface area contributed by atoms with E-state index in [0.29, 0.717) is 13.0 Å². The van der Waals surface area contributed by atoms with Gasteiger partial charge < -0.3 is 14.6 Å². The highest BCUT2D eigenvalue weighted by atomic mass is 16.5. The summed E-state index contributed by atoms with van der Waals surface area (Å²) in [6.45, 7) is 6.82. The summed E-state index contributed by atoms with van der Waals surface area (Å²) < 4.78 is 11.1. The average Bonchev–Trinajstić information content (AvgIpc) is 2.41. The fourth-order valence-electron chi connectivity index (χ4n) is 1.60. The second kappa shape index (κ2) is 7.94. The zero-order valence-electron chi connectivity index (χ0n) is 12.8. The first-order valence-corrected chi connectivity index (χ1v) is 6.87. The molecule has 1 aromatic carbocycles. The number of rotatable bonds is 6. The fourth-order valence-corrected chi connectivity index (χ4v) is 1.60. The molecule has 0 aliphatic rings. The third kappa shape index (κ3) is 5.64. The Morgan fingerprint density at radius 3 is 2.65 bits per heavy atom. The molecule has 0 aromatic heterocycles. The van der Waals surface area contributed by atoms with Crippen LogP contribution >= 0.6 is 0 Å². The summed E-state index contributed by atoms with van der Waals surface area (Å²) in [6.07, 6.45) is 1.34. The maximum atomic E-state index is 8.71. The summed E-state index contributed by atoms with van der Waals surface area (Å²) >= 11 is 0. The van der Waals surface area contributed by atoms with Crippen LogP contribution in [0.5, 0.6) is 5.75 Å². The van der Waals surface area contributed by atoms with Crippen LogP contribution in [0.1, 0.15) is 37.8 Å². The summed E-state index contributed by atoms with van der Waals surface area (Å²) in [4.78, 5) is 0.